The van der Waals surface area contributed by atoms with Crippen molar-refractivity contribution in [1.82, 2.24) is 4.90 Å². The van der Waals surface area contributed by atoms with Gasteiger partial charge in [-0.1, -0.05) is 30.7 Å². The predicted molar refractivity (Wildman–Crippen MR) is 78.6 cm³/mol. The molecule has 4 heteroatoms. The summed E-state index contributed by atoms with van der Waals surface area (Å²) in [6, 6.07) is 8.25. The van der Waals surface area contributed by atoms with Gasteiger partial charge in [0.15, 0.2) is 0 Å². The van der Waals surface area contributed by atoms with Gasteiger partial charge in [0.2, 0.25) is 5.91 Å². The van der Waals surface area contributed by atoms with E-state index in [1.807, 2.05) is 17.0 Å². The zero-order chi connectivity index (χ0) is 14.8. The van der Waals surface area contributed by atoms with Crippen LogP contribution in [0.2, 0.25) is 0 Å². The zero-order valence-electron chi connectivity index (χ0n) is 12.1. The number of hydrogen-bond donors (Lipinski definition) is 1. The standard InChI is InChI=1S/C17H21NO3/c19-16(13-6-3-7-14(10-13)17(20)21)18-9-8-12-4-1-2-5-15(12)11-18/h1-2,4-5,13-14H,3,6-11H2,(H,20,21)/t13-,14+/m1/s1. The maximum Gasteiger partial charge on any atom is 0.306 e. The lowest BCUT2D eigenvalue weighted by Gasteiger charge is -2.34. The smallest absolute Gasteiger partial charge is 0.306 e. The number of fused-ring (bicyclic) bond motifs is 1. The van der Waals surface area contributed by atoms with Gasteiger partial charge in [-0.2, -0.15) is 0 Å². The van der Waals surface area contributed by atoms with Crippen LogP contribution in [-0.2, 0) is 22.6 Å². The van der Waals surface area contributed by atoms with Crippen molar-refractivity contribution in [3.8, 4) is 0 Å². The molecular weight excluding hydrogens is 266 g/mol. The number of carbonyl (C=O) groups excluding carboxylic acids is 1. The molecule has 1 aromatic rings. The summed E-state index contributed by atoms with van der Waals surface area (Å²) in [6.45, 7) is 1.42. The van der Waals surface area contributed by atoms with E-state index in [1.54, 1.807) is 0 Å². The molecule has 3 rings (SSSR count). The molecule has 1 N–H and O–H groups in total. The molecule has 0 spiro atoms. The van der Waals surface area contributed by atoms with E-state index in [9.17, 15) is 9.59 Å². The van der Waals surface area contributed by atoms with Crippen molar-refractivity contribution in [2.24, 2.45) is 11.8 Å². The number of amides is 1. The van der Waals surface area contributed by atoms with Gasteiger partial charge in [0.05, 0.1) is 5.92 Å². The second-order valence-corrected chi connectivity index (χ2v) is 6.18. The number of hydrogen-bond acceptors (Lipinski definition) is 2. The van der Waals surface area contributed by atoms with Crippen LogP contribution in [0.5, 0.6) is 0 Å². The summed E-state index contributed by atoms with van der Waals surface area (Å²) in [6.07, 6.45) is 3.80. The Morgan fingerprint density at radius 3 is 2.57 bits per heavy atom. The highest BCUT2D eigenvalue weighted by atomic mass is 16.4. The van der Waals surface area contributed by atoms with E-state index >= 15 is 0 Å². The van der Waals surface area contributed by atoms with Crippen LogP contribution in [0.25, 0.3) is 0 Å². The summed E-state index contributed by atoms with van der Waals surface area (Å²) in [5.74, 6) is -1.05. The normalized spacial score (nSPS) is 25.2. The minimum atomic E-state index is -0.753. The molecule has 0 aromatic heterocycles. The first-order valence-electron chi connectivity index (χ1n) is 7.73. The first-order valence-corrected chi connectivity index (χ1v) is 7.73. The van der Waals surface area contributed by atoms with Gasteiger partial charge in [-0.3, -0.25) is 9.59 Å². The summed E-state index contributed by atoms with van der Waals surface area (Å²) in [4.78, 5) is 25.7. The van der Waals surface area contributed by atoms with E-state index in [-0.39, 0.29) is 17.7 Å². The Balaban J connectivity index is 1.67. The summed E-state index contributed by atoms with van der Waals surface area (Å²) in [5, 5.41) is 9.15. The van der Waals surface area contributed by atoms with E-state index in [2.05, 4.69) is 12.1 Å². The van der Waals surface area contributed by atoms with Crippen LogP contribution in [0, 0.1) is 11.8 Å². The minimum Gasteiger partial charge on any atom is -0.481 e. The van der Waals surface area contributed by atoms with Gasteiger partial charge in [0, 0.05) is 19.0 Å². The Morgan fingerprint density at radius 1 is 1.10 bits per heavy atom. The average Bonchev–Trinajstić information content (AvgIpc) is 2.53. The van der Waals surface area contributed by atoms with Crippen molar-refractivity contribution in [2.75, 3.05) is 6.54 Å². The van der Waals surface area contributed by atoms with Gasteiger partial charge in [-0.25, -0.2) is 0 Å². The number of benzene rings is 1. The van der Waals surface area contributed by atoms with Crippen LogP contribution < -0.4 is 0 Å². The van der Waals surface area contributed by atoms with Crippen molar-refractivity contribution in [1.29, 1.82) is 0 Å². The molecule has 1 fully saturated rings. The number of nitrogens with zero attached hydrogens (tertiary/aromatic N) is 1. The SMILES string of the molecule is O=C(O)[C@H]1CCC[C@@H](C(=O)N2CCc3ccccc3C2)C1. The van der Waals surface area contributed by atoms with Crippen molar-refractivity contribution in [3.05, 3.63) is 35.4 Å². The third kappa shape index (κ3) is 2.94. The Morgan fingerprint density at radius 2 is 1.81 bits per heavy atom. The predicted octanol–water partition coefficient (Wildman–Crippen LogP) is 2.46. The summed E-state index contributed by atoms with van der Waals surface area (Å²) in [7, 11) is 0. The van der Waals surface area contributed by atoms with Crippen LogP contribution in [0.3, 0.4) is 0 Å². The van der Waals surface area contributed by atoms with Gasteiger partial charge < -0.3 is 10.0 Å². The molecule has 2 atom stereocenters. The van der Waals surface area contributed by atoms with E-state index in [1.165, 1.54) is 11.1 Å². The first kappa shape index (κ1) is 14.1. The Labute approximate surface area is 124 Å². The Bertz CT molecular complexity index is 555. The average molecular weight is 287 g/mol. The summed E-state index contributed by atoms with van der Waals surface area (Å²) < 4.78 is 0. The Hall–Kier alpha value is -1.84. The molecule has 0 bridgehead atoms. The molecular formula is C17H21NO3. The van der Waals surface area contributed by atoms with Gasteiger partial charge in [0.25, 0.3) is 0 Å². The van der Waals surface area contributed by atoms with Gasteiger partial charge in [-0.15, -0.1) is 0 Å². The molecule has 1 aromatic carbocycles. The van der Waals surface area contributed by atoms with Crippen LogP contribution in [0.4, 0.5) is 0 Å². The molecule has 1 amide bonds. The van der Waals surface area contributed by atoms with Crippen LogP contribution in [0.1, 0.15) is 36.8 Å². The lowest BCUT2D eigenvalue weighted by Crippen LogP contribution is -2.41. The second kappa shape index (κ2) is 5.88. The van der Waals surface area contributed by atoms with Crippen molar-refractivity contribution in [3.63, 3.8) is 0 Å². The number of aliphatic carboxylic acids is 1. The lowest BCUT2D eigenvalue weighted by atomic mass is 9.80. The van der Waals surface area contributed by atoms with Crippen molar-refractivity contribution < 1.29 is 14.7 Å². The minimum absolute atomic E-state index is 0.106. The highest BCUT2D eigenvalue weighted by Gasteiger charge is 2.34. The molecule has 1 aliphatic carbocycles. The molecule has 1 aliphatic heterocycles. The van der Waals surface area contributed by atoms with Gasteiger partial charge in [0.1, 0.15) is 0 Å². The van der Waals surface area contributed by atoms with E-state index in [0.717, 1.165) is 25.8 Å². The quantitative estimate of drug-likeness (QED) is 0.909. The molecule has 0 unspecified atom stereocenters. The lowest BCUT2D eigenvalue weighted by molar-refractivity contribution is -0.145. The Kier molecular flexibility index (Phi) is 3.95. The van der Waals surface area contributed by atoms with E-state index in [0.29, 0.717) is 19.4 Å². The molecule has 1 saturated carbocycles. The number of carbonyl (C=O) groups is 2. The fraction of sp³-hybridized carbons (Fsp3) is 0.529. The third-order valence-corrected chi connectivity index (χ3v) is 4.82. The third-order valence-electron chi connectivity index (χ3n) is 4.82. The van der Waals surface area contributed by atoms with Gasteiger partial charge in [-0.05, 0) is 36.8 Å². The fourth-order valence-electron chi connectivity index (χ4n) is 3.58. The fourth-order valence-corrected chi connectivity index (χ4v) is 3.58. The number of carboxylic acids is 1. The van der Waals surface area contributed by atoms with Crippen LogP contribution in [-0.4, -0.2) is 28.4 Å². The molecule has 21 heavy (non-hydrogen) atoms. The van der Waals surface area contributed by atoms with Crippen molar-refractivity contribution in [2.45, 2.75) is 38.6 Å². The van der Waals surface area contributed by atoms with Crippen molar-refractivity contribution >= 4 is 11.9 Å². The molecule has 0 radical (unpaired) electrons. The molecule has 1 heterocycles. The highest BCUT2D eigenvalue weighted by molar-refractivity contribution is 5.80. The van der Waals surface area contributed by atoms with Crippen LogP contribution >= 0.6 is 0 Å². The molecule has 4 nitrogen and oxygen atoms in total. The van der Waals surface area contributed by atoms with Crippen LogP contribution in [0.15, 0.2) is 24.3 Å². The first-order chi connectivity index (χ1) is 10.1. The molecule has 2 aliphatic rings. The van der Waals surface area contributed by atoms with E-state index in [4.69, 9.17) is 5.11 Å². The maximum absolute atomic E-state index is 12.7. The largest absolute Gasteiger partial charge is 0.481 e. The molecule has 112 valence electrons. The van der Waals surface area contributed by atoms with Gasteiger partial charge >= 0.3 is 5.97 Å². The molecule has 0 saturated heterocycles. The zero-order valence-corrected chi connectivity index (χ0v) is 12.1. The van der Waals surface area contributed by atoms with E-state index < -0.39 is 5.97 Å². The second-order valence-electron chi connectivity index (χ2n) is 6.18. The number of carboxylic acid groups (broad SMARTS) is 1. The maximum atomic E-state index is 12.7. The highest BCUT2D eigenvalue weighted by Crippen LogP contribution is 2.31. The number of rotatable bonds is 2. The topological polar surface area (TPSA) is 57.6 Å². The monoisotopic (exact) mass is 287 g/mol. The summed E-state index contributed by atoms with van der Waals surface area (Å²) >= 11 is 0. The summed E-state index contributed by atoms with van der Waals surface area (Å²) in [5.41, 5.74) is 2.55.